The lowest BCUT2D eigenvalue weighted by Gasteiger charge is -2.23. The molecule has 23 heavy (non-hydrogen) atoms. The lowest BCUT2D eigenvalue weighted by atomic mass is 10.1. The SMILES string of the molecule is CO[C@@H]1CN(C(=O)CCc2ccccc2Cl)Cc2ccnn2C1. The van der Waals surface area contributed by atoms with E-state index in [-0.39, 0.29) is 12.0 Å². The van der Waals surface area contributed by atoms with E-state index in [0.29, 0.717) is 37.5 Å². The summed E-state index contributed by atoms with van der Waals surface area (Å²) >= 11 is 6.16. The zero-order chi connectivity index (χ0) is 16.2. The van der Waals surface area contributed by atoms with Crippen molar-refractivity contribution in [2.75, 3.05) is 13.7 Å². The number of aryl methyl sites for hydroxylation is 1. The first-order valence-electron chi connectivity index (χ1n) is 7.72. The van der Waals surface area contributed by atoms with Crippen molar-refractivity contribution in [2.24, 2.45) is 0 Å². The molecular weight excluding hydrogens is 314 g/mol. The smallest absolute Gasteiger partial charge is 0.223 e. The van der Waals surface area contributed by atoms with E-state index >= 15 is 0 Å². The molecule has 0 bridgehead atoms. The Balaban J connectivity index is 1.68. The van der Waals surface area contributed by atoms with Crippen molar-refractivity contribution in [1.82, 2.24) is 14.7 Å². The number of nitrogens with zero attached hydrogens (tertiary/aromatic N) is 3. The van der Waals surface area contributed by atoms with Crippen molar-refractivity contribution in [3.8, 4) is 0 Å². The molecule has 5 nitrogen and oxygen atoms in total. The Hall–Kier alpha value is -1.85. The lowest BCUT2D eigenvalue weighted by Crippen LogP contribution is -2.37. The van der Waals surface area contributed by atoms with E-state index in [0.717, 1.165) is 11.3 Å². The Morgan fingerprint density at radius 2 is 2.17 bits per heavy atom. The molecule has 1 aromatic heterocycles. The molecule has 0 radical (unpaired) electrons. The van der Waals surface area contributed by atoms with Gasteiger partial charge in [-0.15, -0.1) is 0 Å². The quantitative estimate of drug-likeness (QED) is 0.863. The van der Waals surface area contributed by atoms with Crippen LogP contribution < -0.4 is 0 Å². The van der Waals surface area contributed by atoms with Gasteiger partial charge in [0.1, 0.15) is 0 Å². The predicted octanol–water partition coefficient (Wildman–Crippen LogP) is 2.53. The summed E-state index contributed by atoms with van der Waals surface area (Å²) in [6.45, 7) is 1.83. The van der Waals surface area contributed by atoms with Crippen molar-refractivity contribution >= 4 is 17.5 Å². The third kappa shape index (κ3) is 3.74. The van der Waals surface area contributed by atoms with Crippen LogP contribution in [0.3, 0.4) is 0 Å². The van der Waals surface area contributed by atoms with Gasteiger partial charge in [0, 0.05) is 31.3 Å². The molecular formula is C17H20ClN3O2. The second kappa shape index (κ2) is 7.15. The molecule has 2 aromatic rings. The zero-order valence-electron chi connectivity index (χ0n) is 13.1. The van der Waals surface area contributed by atoms with Gasteiger partial charge in [-0.25, -0.2) is 0 Å². The maximum absolute atomic E-state index is 12.6. The maximum atomic E-state index is 12.6. The van der Waals surface area contributed by atoms with E-state index in [1.54, 1.807) is 13.3 Å². The fourth-order valence-electron chi connectivity index (χ4n) is 2.86. The monoisotopic (exact) mass is 333 g/mol. The summed E-state index contributed by atoms with van der Waals surface area (Å²) in [5, 5.41) is 5.01. The maximum Gasteiger partial charge on any atom is 0.223 e. The fraction of sp³-hybridized carbons (Fsp3) is 0.412. The average Bonchev–Trinajstić information content (AvgIpc) is 2.91. The molecule has 0 unspecified atom stereocenters. The zero-order valence-corrected chi connectivity index (χ0v) is 13.9. The highest BCUT2D eigenvalue weighted by Crippen LogP contribution is 2.19. The molecule has 1 amide bonds. The largest absolute Gasteiger partial charge is 0.378 e. The number of hydrogen-bond donors (Lipinski definition) is 0. The number of carbonyl (C=O) groups excluding carboxylic acids is 1. The van der Waals surface area contributed by atoms with E-state index in [1.807, 2.05) is 39.9 Å². The first-order valence-corrected chi connectivity index (χ1v) is 8.10. The van der Waals surface area contributed by atoms with E-state index in [2.05, 4.69) is 5.10 Å². The van der Waals surface area contributed by atoms with Crippen LogP contribution in [0.25, 0.3) is 0 Å². The Bertz CT molecular complexity index is 686. The molecule has 122 valence electrons. The summed E-state index contributed by atoms with van der Waals surface area (Å²) in [7, 11) is 1.67. The molecule has 1 aliphatic heterocycles. The molecule has 0 saturated heterocycles. The highest BCUT2D eigenvalue weighted by molar-refractivity contribution is 6.31. The minimum Gasteiger partial charge on any atom is -0.378 e. The van der Waals surface area contributed by atoms with Crippen molar-refractivity contribution in [2.45, 2.75) is 32.0 Å². The Morgan fingerprint density at radius 1 is 1.35 bits per heavy atom. The molecule has 2 heterocycles. The van der Waals surface area contributed by atoms with Crippen molar-refractivity contribution < 1.29 is 9.53 Å². The van der Waals surface area contributed by atoms with Gasteiger partial charge in [0.15, 0.2) is 0 Å². The lowest BCUT2D eigenvalue weighted by molar-refractivity contribution is -0.133. The standard InChI is InChI=1S/C17H20ClN3O2/c1-23-15-11-20(10-14-8-9-19-21(14)12-15)17(22)7-6-13-4-2-3-5-16(13)18/h2-5,8-9,15H,6-7,10-12H2,1H3/t15-/m1/s1. The number of amides is 1. The van der Waals surface area contributed by atoms with E-state index in [1.165, 1.54) is 0 Å². The molecule has 0 fully saturated rings. The Kier molecular flexibility index (Phi) is 4.98. The number of halogens is 1. The van der Waals surface area contributed by atoms with E-state index < -0.39 is 0 Å². The third-order valence-electron chi connectivity index (χ3n) is 4.21. The van der Waals surface area contributed by atoms with Crippen LogP contribution in [0.5, 0.6) is 0 Å². The Morgan fingerprint density at radius 3 is 2.96 bits per heavy atom. The third-order valence-corrected chi connectivity index (χ3v) is 4.58. The van der Waals surface area contributed by atoms with Crippen LogP contribution >= 0.6 is 11.6 Å². The first kappa shape index (κ1) is 16.0. The normalized spacial score (nSPS) is 17.7. The number of hydrogen-bond acceptors (Lipinski definition) is 3. The molecule has 0 spiro atoms. The second-order valence-corrected chi connectivity index (χ2v) is 6.14. The number of carbonyl (C=O) groups is 1. The van der Waals surface area contributed by atoms with Crippen LogP contribution in [0.2, 0.25) is 5.02 Å². The van der Waals surface area contributed by atoms with E-state index in [9.17, 15) is 4.79 Å². The van der Waals surface area contributed by atoms with Crippen molar-refractivity contribution in [1.29, 1.82) is 0 Å². The van der Waals surface area contributed by atoms with Gasteiger partial charge in [-0.05, 0) is 24.1 Å². The molecule has 0 N–H and O–H groups in total. The van der Waals surface area contributed by atoms with Gasteiger partial charge in [0.25, 0.3) is 0 Å². The fourth-order valence-corrected chi connectivity index (χ4v) is 3.09. The number of aromatic nitrogens is 2. The molecule has 6 heteroatoms. The minimum absolute atomic E-state index is 0.0413. The summed E-state index contributed by atoms with van der Waals surface area (Å²) in [5.74, 6) is 0.113. The summed E-state index contributed by atoms with van der Waals surface area (Å²) in [6, 6.07) is 9.61. The number of fused-ring (bicyclic) bond motifs is 1. The number of ether oxygens (including phenoxy) is 1. The van der Waals surface area contributed by atoms with Gasteiger partial charge in [-0.3, -0.25) is 9.48 Å². The van der Waals surface area contributed by atoms with Crippen LogP contribution in [0.1, 0.15) is 17.7 Å². The second-order valence-electron chi connectivity index (χ2n) is 5.73. The van der Waals surface area contributed by atoms with Crippen LogP contribution in [-0.2, 0) is 29.0 Å². The van der Waals surface area contributed by atoms with Crippen LogP contribution in [-0.4, -0.2) is 40.3 Å². The van der Waals surface area contributed by atoms with Crippen molar-refractivity contribution in [3.63, 3.8) is 0 Å². The first-order chi connectivity index (χ1) is 11.2. The summed E-state index contributed by atoms with van der Waals surface area (Å²) < 4.78 is 7.40. The molecule has 1 aromatic carbocycles. The van der Waals surface area contributed by atoms with Crippen LogP contribution in [0.4, 0.5) is 0 Å². The predicted molar refractivity (Wildman–Crippen MR) is 88.2 cm³/mol. The highest BCUT2D eigenvalue weighted by Gasteiger charge is 2.25. The van der Waals surface area contributed by atoms with Gasteiger partial charge in [0.05, 0.1) is 24.9 Å². The molecule has 0 aliphatic carbocycles. The van der Waals surface area contributed by atoms with Crippen LogP contribution in [0.15, 0.2) is 36.5 Å². The van der Waals surface area contributed by atoms with Gasteiger partial charge < -0.3 is 9.64 Å². The molecule has 1 atom stereocenters. The van der Waals surface area contributed by atoms with Crippen LogP contribution in [0, 0.1) is 0 Å². The summed E-state index contributed by atoms with van der Waals surface area (Å²) in [4.78, 5) is 14.5. The van der Waals surface area contributed by atoms with Gasteiger partial charge in [-0.2, -0.15) is 5.10 Å². The average molecular weight is 334 g/mol. The highest BCUT2D eigenvalue weighted by atomic mass is 35.5. The van der Waals surface area contributed by atoms with Gasteiger partial charge in [-0.1, -0.05) is 29.8 Å². The number of methoxy groups -OCH3 is 1. The summed E-state index contributed by atoms with van der Waals surface area (Å²) in [6.07, 6.45) is 2.81. The summed E-state index contributed by atoms with van der Waals surface area (Å²) in [5.41, 5.74) is 2.04. The number of rotatable bonds is 4. The van der Waals surface area contributed by atoms with Crippen molar-refractivity contribution in [3.05, 3.63) is 52.8 Å². The topological polar surface area (TPSA) is 47.4 Å². The van der Waals surface area contributed by atoms with Gasteiger partial charge >= 0.3 is 0 Å². The molecule has 3 rings (SSSR count). The Labute approximate surface area is 140 Å². The minimum atomic E-state index is -0.0413. The molecule has 0 saturated carbocycles. The number of benzene rings is 1. The van der Waals surface area contributed by atoms with Gasteiger partial charge in [0.2, 0.25) is 5.91 Å². The molecule has 1 aliphatic rings. The van der Waals surface area contributed by atoms with E-state index in [4.69, 9.17) is 16.3 Å².